The van der Waals surface area contributed by atoms with Gasteiger partial charge in [0.2, 0.25) is 0 Å². The van der Waals surface area contributed by atoms with Crippen LogP contribution in [0, 0.1) is 0 Å². The Hall–Kier alpha value is -2.02. The van der Waals surface area contributed by atoms with Crippen LogP contribution in [0.3, 0.4) is 0 Å². The normalized spacial score (nSPS) is 11.6. The molecule has 0 aliphatic heterocycles. The second-order valence-electron chi connectivity index (χ2n) is 5.63. The van der Waals surface area contributed by atoms with Gasteiger partial charge in [0.25, 0.3) is 0 Å². The summed E-state index contributed by atoms with van der Waals surface area (Å²) in [7, 11) is 0. The van der Waals surface area contributed by atoms with Gasteiger partial charge in [-0.2, -0.15) is 0 Å². The predicted octanol–water partition coefficient (Wildman–Crippen LogP) is 5.58. The van der Waals surface area contributed by atoms with Crippen molar-refractivity contribution in [1.82, 2.24) is 4.57 Å². The molecule has 0 atom stereocenters. The Morgan fingerprint density at radius 1 is 1.15 bits per heavy atom. The van der Waals surface area contributed by atoms with Gasteiger partial charge in [0, 0.05) is 22.8 Å². The molecule has 0 unspecified atom stereocenters. The molecule has 0 N–H and O–H groups in total. The lowest BCUT2D eigenvalue weighted by Gasteiger charge is -2.13. The fourth-order valence-corrected chi connectivity index (χ4v) is 3.13. The van der Waals surface area contributed by atoms with Crippen molar-refractivity contribution in [2.45, 2.75) is 33.2 Å². The van der Waals surface area contributed by atoms with Gasteiger partial charge in [0.05, 0.1) is 5.52 Å². The standard InChI is InChI=1S/C19H21N/c1-5-14-11-16(13(3)4)19-17(12-14)15-9-7-8-10-18(15)20(19)6-2/h5,7-13H,1,6H2,2-4H3. The number of hydrogen-bond donors (Lipinski definition) is 0. The van der Waals surface area contributed by atoms with E-state index in [1.807, 2.05) is 6.08 Å². The van der Waals surface area contributed by atoms with Crippen LogP contribution in [-0.4, -0.2) is 4.57 Å². The summed E-state index contributed by atoms with van der Waals surface area (Å²) < 4.78 is 2.44. The molecule has 0 aliphatic rings. The predicted molar refractivity (Wildman–Crippen MR) is 89.3 cm³/mol. The molecule has 1 heterocycles. The average molecular weight is 263 g/mol. The zero-order chi connectivity index (χ0) is 14.3. The Kier molecular flexibility index (Phi) is 3.13. The van der Waals surface area contributed by atoms with E-state index in [1.54, 1.807) is 0 Å². The lowest BCUT2D eigenvalue weighted by Crippen LogP contribution is -1.99. The van der Waals surface area contributed by atoms with Crippen molar-refractivity contribution in [2.75, 3.05) is 0 Å². The van der Waals surface area contributed by atoms with Crippen LogP contribution in [0.2, 0.25) is 0 Å². The highest BCUT2D eigenvalue weighted by Crippen LogP contribution is 2.35. The molecule has 0 spiro atoms. The van der Waals surface area contributed by atoms with Crippen molar-refractivity contribution < 1.29 is 0 Å². The molecule has 3 aromatic rings. The maximum atomic E-state index is 3.94. The molecule has 102 valence electrons. The highest BCUT2D eigenvalue weighted by Gasteiger charge is 2.15. The van der Waals surface area contributed by atoms with Gasteiger partial charge in [-0.15, -0.1) is 0 Å². The van der Waals surface area contributed by atoms with Gasteiger partial charge in [0.15, 0.2) is 0 Å². The Morgan fingerprint density at radius 2 is 1.90 bits per heavy atom. The van der Waals surface area contributed by atoms with Gasteiger partial charge in [0.1, 0.15) is 0 Å². The quantitative estimate of drug-likeness (QED) is 0.581. The topological polar surface area (TPSA) is 4.93 Å². The summed E-state index contributed by atoms with van der Waals surface area (Å²) in [6.07, 6.45) is 1.95. The molecule has 1 heteroatoms. The molecule has 2 aromatic carbocycles. The van der Waals surface area contributed by atoms with E-state index in [0.717, 1.165) is 6.54 Å². The monoisotopic (exact) mass is 263 g/mol. The first kappa shape index (κ1) is 13.0. The number of benzene rings is 2. The first-order valence-corrected chi connectivity index (χ1v) is 7.34. The molecule has 0 amide bonds. The molecule has 3 rings (SSSR count). The summed E-state index contributed by atoms with van der Waals surface area (Å²) in [4.78, 5) is 0. The Bertz CT molecular complexity index is 790. The first-order chi connectivity index (χ1) is 9.67. The summed E-state index contributed by atoms with van der Waals surface area (Å²) in [6, 6.07) is 13.2. The molecule has 0 saturated heterocycles. The van der Waals surface area contributed by atoms with Crippen molar-refractivity contribution in [1.29, 1.82) is 0 Å². The second-order valence-corrected chi connectivity index (χ2v) is 5.63. The molecule has 1 aromatic heterocycles. The lowest BCUT2D eigenvalue weighted by atomic mass is 9.97. The molecular weight excluding hydrogens is 242 g/mol. The summed E-state index contributed by atoms with van der Waals surface area (Å²) in [6.45, 7) is 11.7. The fraction of sp³-hybridized carbons (Fsp3) is 0.263. The number of nitrogens with zero attached hydrogens (tertiary/aromatic N) is 1. The SMILES string of the molecule is C=Cc1cc(C(C)C)c2c(c1)c1ccccc1n2CC. The zero-order valence-corrected chi connectivity index (χ0v) is 12.5. The van der Waals surface area contributed by atoms with E-state index < -0.39 is 0 Å². The molecule has 0 radical (unpaired) electrons. The molecular formula is C19H21N. The number of hydrogen-bond acceptors (Lipinski definition) is 0. The highest BCUT2D eigenvalue weighted by atomic mass is 15.0. The van der Waals surface area contributed by atoms with Crippen LogP contribution in [0.1, 0.15) is 37.8 Å². The van der Waals surface area contributed by atoms with Crippen molar-refractivity contribution in [2.24, 2.45) is 0 Å². The van der Waals surface area contributed by atoms with Crippen LogP contribution in [0.5, 0.6) is 0 Å². The largest absolute Gasteiger partial charge is 0.341 e. The molecule has 1 nitrogen and oxygen atoms in total. The third-order valence-corrected chi connectivity index (χ3v) is 4.09. The smallest absolute Gasteiger partial charge is 0.0526 e. The molecule has 20 heavy (non-hydrogen) atoms. The van der Waals surface area contributed by atoms with E-state index in [0.29, 0.717) is 5.92 Å². The lowest BCUT2D eigenvalue weighted by molar-refractivity contribution is 0.804. The first-order valence-electron chi connectivity index (χ1n) is 7.34. The molecule has 0 fully saturated rings. The minimum atomic E-state index is 0.506. The minimum Gasteiger partial charge on any atom is -0.341 e. The number of rotatable bonds is 3. The van der Waals surface area contributed by atoms with Gasteiger partial charge in [-0.3, -0.25) is 0 Å². The van der Waals surface area contributed by atoms with Crippen LogP contribution in [0.25, 0.3) is 27.9 Å². The van der Waals surface area contributed by atoms with Gasteiger partial charge >= 0.3 is 0 Å². The summed E-state index contributed by atoms with van der Waals surface area (Å²) in [5, 5.41) is 2.69. The minimum absolute atomic E-state index is 0.506. The number of para-hydroxylation sites is 1. The average Bonchev–Trinajstić information content (AvgIpc) is 2.79. The van der Waals surface area contributed by atoms with Crippen LogP contribution in [-0.2, 0) is 6.54 Å². The molecule has 0 aliphatic carbocycles. The van der Waals surface area contributed by atoms with Gasteiger partial charge in [-0.1, -0.05) is 44.7 Å². The van der Waals surface area contributed by atoms with E-state index in [4.69, 9.17) is 0 Å². The maximum Gasteiger partial charge on any atom is 0.0526 e. The van der Waals surface area contributed by atoms with E-state index in [1.165, 1.54) is 32.9 Å². The fourth-order valence-electron chi connectivity index (χ4n) is 3.13. The van der Waals surface area contributed by atoms with Crippen LogP contribution >= 0.6 is 0 Å². The summed E-state index contributed by atoms with van der Waals surface area (Å²) >= 11 is 0. The Balaban J connectivity index is 2.58. The second kappa shape index (κ2) is 4.82. The van der Waals surface area contributed by atoms with Gasteiger partial charge in [-0.05, 0) is 42.2 Å². The third-order valence-electron chi connectivity index (χ3n) is 4.09. The zero-order valence-electron chi connectivity index (χ0n) is 12.5. The van der Waals surface area contributed by atoms with Crippen molar-refractivity contribution in [3.63, 3.8) is 0 Å². The number of fused-ring (bicyclic) bond motifs is 3. The third kappa shape index (κ3) is 1.77. The summed E-state index contributed by atoms with van der Waals surface area (Å²) in [5.74, 6) is 0.506. The van der Waals surface area contributed by atoms with Gasteiger partial charge < -0.3 is 4.57 Å². The number of aryl methyl sites for hydroxylation is 1. The van der Waals surface area contributed by atoms with Gasteiger partial charge in [-0.25, -0.2) is 0 Å². The van der Waals surface area contributed by atoms with Crippen LogP contribution < -0.4 is 0 Å². The van der Waals surface area contributed by atoms with E-state index in [2.05, 4.69) is 68.3 Å². The van der Waals surface area contributed by atoms with Crippen molar-refractivity contribution in [3.05, 3.63) is 54.1 Å². The summed E-state index contributed by atoms with van der Waals surface area (Å²) in [5.41, 5.74) is 5.33. The highest BCUT2D eigenvalue weighted by molar-refractivity contribution is 6.09. The number of aromatic nitrogens is 1. The van der Waals surface area contributed by atoms with Crippen molar-refractivity contribution in [3.8, 4) is 0 Å². The van der Waals surface area contributed by atoms with E-state index in [9.17, 15) is 0 Å². The van der Waals surface area contributed by atoms with E-state index in [-0.39, 0.29) is 0 Å². The van der Waals surface area contributed by atoms with Crippen LogP contribution in [0.4, 0.5) is 0 Å². The maximum absolute atomic E-state index is 3.94. The Morgan fingerprint density at radius 3 is 2.55 bits per heavy atom. The molecule has 0 bridgehead atoms. The van der Waals surface area contributed by atoms with E-state index >= 15 is 0 Å². The molecule has 0 saturated carbocycles. The van der Waals surface area contributed by atoms with Crippen molar-refractivity contribution >= 4 is 27.9 Å². The Labute approximate surface area is 120 Å². The van der Waals surface area contributed by atoms with Crippen LogP contribution in [0.15, 0.2) is 43.0 Å².